The van der Waals surface area contributed by atoms with Crippen LogP contribution < -0.4 is 10.6 Å². The van der Waals surface area contributed by atoms with Gasteiger partial charge in [-0.1, -0.05) is 24.3 Å². The molecular weight excluding hydrogens is 224 g/mol. The summed E-state index contributed by atoms with van der Waals surface area (Å²) < 4.78 is 5.51. The molecule has 1 aliphatic heterocycles. The third kappa shape index (κ3) is 4.09. The Kier molecular flexibility index (Phi) is 5.65. The first-order chi connectivity index (χ1) is 8.90. The molecule has 0 amide bonds. The summed E-state index contributed by atoms with van der Waals surface area (Å²) in [5, 5.41) is 7.07. The number of benzene rings is 1. The lowest BCUT2D eigenvalue weighted by molar-refractivity contribution is 0.133. The number of nitrogens with one attached hydrogen (secondary N) is 2. The van der Waals surface area contributed by atoms with Gasteiger partial charge in [-0.25, -0.2) is 0 Å². The fraction of sp³-hybridized carbons (Fsp3) is 0.600. The summed E-state index contributed by atoms with van der Waals surface area (Å²) in [7, 11) is 0. The maximum absolute atomic E-state index is 5.51. The molecule has 1 heterocycles. The topological polar surface area (TPSA) is 33.3 Å². The average Bonchev–Trinajstić information content (AvgIpc) is 2.45. The summed E-state index contributed by atoms with van der Waals surface area (Å²) in [5.41, 5.74) is 2.66. The Morgan fingerprint density at radius 2 is 2.17 bits per heavy atom. The highest BCUT2D eigenvalue weighted by atomic mass is 16.5. The molecule has 2 N–H and O–H groups in total. The lowest BCUT2D eigenvalue weighted by atomic mass is 10.1. The van der Waals surface area contributed by atoms with Gasteiger partial charge in [-0.05, 0) is 37.4 Å². The third-order valence-corrected chi connectivity index (χ3v) is 3.46. The highest BCUT2D eigenvalue weighted by Crippen LogP contribution is 2.11. The van der Waals surface area contributed by atoms with Gasteiger partial charge < -0.3 is 15.4 Å². The predicted octanol–water partition coefficient (Wildman–Crippen LogP) is 2.06. The van der Waals surface area contributed by atoms with Crippen molar-refractivity contribution in [2.24, 2.45) is 0 Å². The number of piperidine rings is 1. The Bertz CT molecular complexity index is 348. The van der Waals surface area contributed by atoms with E-state index in [9.17, 15) is 0 Å². The molecule has 0 spiro atoms. The molecule has 0 saturated carbocycles. The smallest absolute Gasteiger partial charge is 0.0719 e. The Labute approximate surface area is 110 Å². The quantitative estimate of drug-likeness (QED) is 0.808. The molecule has 3 nitrogen and oxygen atoms in total. The summed E-state index contributed by atoms with van der Waals surface area (Å²) in [4.78, 5) is 0. The van der Waals surface area contributed by atoms with E-state index in [2.05, 4.69) is 34.9 Å². The first-order valence-electron chi connectivity index (χ1n) is 6.98. The van der Waals surface area contributed by atoms with Crippen molar-refractivity contribution in [2.45, 2.75) is 39.0 Å². The van der Waals surface area contributed by atoms with Gasteiger partial charge in [-0.15, -0.1) is 0 Å². The van der Waals surface area contributed by atoms with Crippen LogP contribution in [0.5, 0.6) is 0 Å². The van der Waals surface area contributed by atoms with E-state index in [0.717, 1.165) is 26.3 Å². The second kappa shape index (κ2) is 7.52. The predicted molar refractivity (Wildman–Crippen MR) is 74.5 cm³/mol. The van der Waals surface area contributed by atoms with E-state index < -0.39 is 0 Å². The van der Waals surface area contributed by atoms with Crippen molar-refractivity contribution in [2.75, 3.05) is 19.7 Å². The number of hydrogen-bond donors (Lipinski definition) is 2. The summed E-state index contributed by atoms with van der Waals surface area (Å²) in [6, 6.07) is 9.15. The Hall–Kier alpha value is -0.900. The molecule has 1 fully saturated rings. The van der Waals surface area contributed by atoms with Crippen LogP contribution in [0, 0.1) is 0 Å². The summed E-state index contributed by atoms with van der Waals surface area (Å²) in [6.45, 7) is 6.72. The van der Waals surface area contributed by atoms with Crippen molar-refractivity contribution in [3.05, 3.63) is 35.4 Å². The van der Waals surface area contributed by atoms with Gasteiger partial charge in [0.25, 0.3) is 0 Å². The van der Waals surface area contributed by atoms with Gasteiger partial charge >= 0.3 is 0 Å². The lowest BCUT2D eigenvalue weighted by Crippen LogP contribution is -2.42. The molecule has 2 rings (SSSR count). The molecule has 1 unspecified atom stereocenters. The summed E-state index contributed by atoms with van der Waals surface area (Å²) >= 11 is 0. The van der Waals surface area contributed by atoms with Crippen LogP contribution in [0.3, 0.4) is 0 Å². The molecule has 18 heavy (non-hydrogen) atoms. The van der Waals surface area contributed by atoms with E-state index in [1.165, 1.54) is 30.5 Å². The Morgan fingerprint density at radius 3 is 2.89 bits per heavy atom. The highest BCUT2D eigenvalue weighted by molar-refractivity contribution is 5.26. The Balaban J connectivity index is 1.87. The van der Waals surface area contributed by atoms with Crippen LogP contribution in [-0.2, 0) is 17.9 Å². The van der Waals surface area contributed by atoms with Gasteiger partial charge in [-0.2, -0.15) is 0 Å². The normalized spacial score (nSPS) is 19.9. The monoisotopic (exact) mass is 248 g/mol. The van der Waals surface area contributed by atoms with Crippen molar-refractivity contribution in [3.8, 4) is 0 Å². The summed E-state index contributed by atoms with van der Waals surface area (Å²) in [5.74, 6) is 0. The van der Waals surface area contributed by atoms with Gasteiger partial charge in [0.05, 0.1) is 6.61 Å². The molecule has 1 aromatic rings. The van der Waals surface area contributed by atoms with Crippen LogP contribution in [0.4, 0.5) is 0 Å². The molecular formula is C15H24N2O. The van der Waals surface area contributed by atoms with Crippen LogP contribution in [-0.4, -0.2) is 25.7 Å². The van der Waals surface area contributed by atoms with Gasteiger partial charge in [-0.3, -0.25) is 0 Å². The maximum atomic E-state index is 5.51. The minimum Gasteiger partial charge on any atom is -0.377 e. The Morgan fingerprint density at radius 1 is 1.33 bits per heavy atom. The zero-order valence-corrected chi connectivity index (χ0v) is 11.2. The van der Waals surface area contributed by atoms with Crippen LogP contribution in [0.1, 0.15) is 30.9 Å². The fourth-order valence-electron chi connectivity index (χ4n) is 2.36. The highest BCUT2D eigenvalue weighted by Gasteiger charge is 2.12. The van der Waals surface area contributed by atoms with Crippen LogP contribution >= 0.6 is 0 Å². The molecule has 1 atom stereocenters. The minimum absolute atomic E-state index is 0.610. The van der Waals surface area contributed by atoms with Crippen LogP contribution in [0.2, 0.25) is 0 Å². The van der Waals surface area contributed by atoms with E-state index in [0.29, 0.717) is 6.04 Å². The first-order valence-corrected chi connectivity index (χ1v) is 6.98. The molecule has 0 bridgehead atoms. The second-order valence-electron chi connectivity index (χ2n) is 4.83. The standard InChI is InChI=1S/C15H24N2O/c1-2-18-12-14-7-4-3-6-13(14)10-17-15-8-5-9-16-11-15/h3-4,6-7,15-17H,2,5,8-12H2,1H3. The molecule has 3 heteroatoms. The van der Waals surface area contributed by atoms with Crippen molar-refractivity contribution in [1.29, 1.82) is 0 Å². The van der Waals surface area contributed by atoms with Gasteiger partial charge in [0.1, 0.15) is 0 Å². The molecule has 100 valence electrons. The molecule has 0 aromatic heterocycles. The molecule has 0 aliphatic carbocycles. The SMILES string of the molecule is CCOCc1ccccc1CNC1CCCNC1. The molecule has 1 aliphatic rings. The zero-order valence-electron chi connectivity index (χ0n) is 11.2. The van der Waals surface area contributed by atoms with E-state index in [-0.39, 0.29) is 0 Å². The fourth-order valence-corrected chi connectivity index (χ4v) is 2.36. The van der Waals surface area contributed by atoms with Crippen molar-refractivity contribution >= 4 is 0 Å². The van der Waals surface area contributed by atoms with Crippen molar-refractivity contribution in [1.82, 2.24) is 10.6 Å². The van der Waals surface area contributed by atoms with Crippen LogP contribution in [0.25, 0.3) is 0 Å². The first kappa shape index (κ1) is 13.5. The third-order valence-electron chi connectivity index (χ3n) is 3.46. The molecule has 1 aromatic carbocycles. The van der Waals surface area contributed by atoms with Crippen molar-refractivity contribution in [3.63, 3.8) is 0 Å². The average molecular weight is 248 g/mol. The van der Waals surface area contributed by atoms with Gasteiger partial charge in [0.2, 0.25) is 0 Å². The van der Waals surface area contributed by atoms with Crippen molar-refractivity contribution < 1.29 is 4.74 Å². The largest absolute Gasteiger partial charge is 0.377 e. The van der Waals surface area contributed by atoms with Gasteiger partial charge in [0, 0.05) is 25.7 Å². The molecule has 1 saturated heterocycles. The van der Waals surface area contributed by atoms with E-state index >= 15 is 0 Å². The second-order valence-corrected chi connectivity index (χ2v) is 4.83. The number of rotatable bonds is 6. The lowest BCUT2D eigenvalue weighted by Gasteiger charge is -2.24. The number of ether oxygens (including phenoxy) is 1. The number of hydrogen-bond acceptors (Lipinski definition) is 3. The summed E-state index contributed by atoms with van der Waals surface area (Å²) in [6.07, 6.45) is 2.55. The van der Waals surface area contributed by atoms with E-state index in [4.69, 9.17) is 4.74 Å². The van der Waals surface area contributed by atoms with E-state index in [1.807, 2.05) is 6.92 Å². The maximum Gasteiger partial charge on any atom is 0.0719 e. The van der Waals surface area contributed by atoms with Crippen LogP contribution in [0.15, 0.2) is 24.3 Å². The minimum atomic E-state index is 0.610. The van der Waals surface area contributed by atoms with E-state index in [1.54, 1.807) is 0 Å². The molecule has 0 radical (unpaired) electrons. The van der Waals surface area contributed by atoms with Gasteiger partial charge in [0.15, 0.2) is 0 Å². The zero-order chi connectivity index (χ0) is 12.6.